The molecule has 0 aliphatic carbocycles. The molecular weight excluding hydrogens is 410 g/mol. The highest BCUT2D eigenvalue weighted by molar-refractivity contribution is 6.00. The van der Waals surface area contributed by atoms with Crippen LogP contribution in [0.15, 0.2) is 42.5 Å². The van der Waals surface area contributed by atoms with Crippen LogP contribution in [-0.4, -0.2) is 47.3 Å². The minimum Gasteiger partial charge on any atom is -0.497 e. The van der Waals surface area contributed by atoms with E-state index in [1.54, 1.807) is 44.6 Å². The van der Waals surface area contributed by atoms with Gasteiger partial charge in [0.25, 0.3) is 5.91 Å². The fourth-order valence-corrected chi connectivity index (χ4v) is 3.08. The van der Waals surface area contributed by atoms with E-state index in [-0.39, 0.29) is 17.8 Å². The third-order valence-corrected chi connectivity index (χ3v) is 4.93. The average Bonchev–Trinajstić information content (AvgIpc) is 3.25. The SMILES string of the molecule is COc1ccc(-c2nc(NC(=O)C(NC(=O)c3ccc(C)cc3)C(C)C)n[nH]2)c(OC)c1. The monoisotopic (exact) mass is 437 g/mol. The number of carbonyl (C=O) groups excluding carboxylic acids is 2. The Morgan fingerprint density at radius 2 is 1.75 bits per heavy atom. The minimum atomic E-state index is -0.763. The highest BCUT2D eigenvalue weighted by atomic mass is 16.5. The topological polar surface area (TPSA) is 118 Å². The number of carbonyl (C=O) groups is 2. The van der Waals surface area contributed by atoms with Crippen molar-refractivity contribution in [2.75, 3.05) is 19.5 Å². The number of aromatic amines is 1. The lowest BCUT2D eigenvalue weighted by atomic mass is 10.0. The van der Waals surface area contributed by atoms with Gasteiger partial charge in [-0.15, -0.1) is 5.10 Å². The van der Waals surface area contributed by atoms with Gasteiger partial charge >= 0.3 is 0 Å². The van der Waals surface area contributed by atoms with Crippen LogP contribution in [0.5, 0.6) is 11.5 Å². The normalized spacial score (nSPS) is 11.7. The lowest BCUT2D eigenvalue weighted by Gasteiger charge is -2.21. The van der Waals surface area contributed by atoms with Crippen LogP contribution in [0.1, 0.15) is 29.8 Å². The maximum Gasteiger partial charge on any atom is 0.251 e. The quantitative estimate of drug-likeness (QED) is 0.498. The van der Waals surface area contributed by atoms with Crippen molar-refractivity contribution in [3.8, 4) is 22.9 Å². The van der Waals surface area contributed by atoms with E-state index >= 15 is 0 Å². The summed E-state index contributed by atoms with van der Waals surface area (Å²) in [5.41, 5.74) is 2.20. The van der Waals surface area contributed by atoms with Gasteiger partial charge in [0.1, 0.15) is 17.5 Å². The van der Waals surface area contributed by atoms with Crippen molar-refractivity contribution < 1.29 is 19.1 Å². The Bertz CT molecular complexity index is 1090. The first-order valence-corrected chi connectivity index (χ1v) is 10.2. The zero-order valence-electron chi connectivity index (χ0n) is 18.7. The minimum absolute atomic E-state index is 0.0955. The van der Waals surface area contributed by atoms with E-state index in [1.165, 1.54) is 0 Å². The van der Waals surface area contributed by atoms with Crippen molar-refractivity contribution in [3.05, 3.63) is 53.6 Å². The maximum absolute atomic E-state index is 12.9. The molecule has 0 aliphatic heterocycles. The molecule has 1 aromatic heterocycles. The smallest absolute Gasteiger partial charge is 0.251 e. The van der Waals surface area contributed by atoms with Crippen LogP contribution in [0.2, 0.25) is 0 Å². The highest BCUT2D eigenvalue weighted by Crippen LogP contribution is 2.31. The molecule has 168 valence electrons. The van der Waals surface area contributed by atoms with Crippen molar-refractivity contribution >= 4 is 17.8 Å². The predicted molar refractivity (Wildman–Crippen MR) is 121 cm³/mol. The summed E-state index contributed by atoms with van der Waals surface area (Å²) in [5.74, 6) is 0.823. The zero-order chi connectivity index (χ0) is 23.3. The van der Waals surface area contributed by atoms with Crippen LogP contribution in [0.3, 0.4) is 0 Å². The molecule has 32 heavy (non-hydrogen) atoms. The molecule has 3 rings (SSSR count). The van der Waals surface area contributed by atoms with Crippen LogP contribution in [0.25, 0.3) is 11.4 Å². The first-order chi connectivity index (χ1) is 15.3. The molecule has 2 aromatic carbocycles. The Hall–Kier alpha value is -3.88. The van der Waals surface area contributed by atoms with Gasteiger partial charge in [-0.1, -0.05) is 31.5 Å². The molecule has 0 aliphatic rings. The van der Waals surface area contributed by atoms with E-state index in [1.807, 2.05) is 32.9 Å². The summed E-state index contributed by atoms with van der Waals surface area (Å²) in [5, 5.41) is 12.3. The first kappa shape index (κ1) is 22.8. The number of anilines is 1. The maximum atomic E-state index is 12.9. The number of aryl methyl sites for hydroxylation is 1. The highest BCUT2D eigenvalue weighted by Gasteiger charge is 2.26. The lowest BCUT2D eigenvalue weighted by molar-refractivity contribution is -0.118. The molecule has 3 N–H and O–H groups in total. The third-order valence-electron chi connectivity index (χ3n) is 4.93. The first-order valence-electron chi connectivity index (χ1n) is 10.2. The predicted octanol–water partition coefficient (Wildman–Crippen LogP) is 3.19. The second-order valence-electron chi connectivity index (χ2n) is 7.62. The second-order valence-corrected chi connectivity index (χ2v) is 7.62. The molecule has 2 amide bonds. The standard InChI is InChI=1S/C23H27N5O4/c1-13(2)19(24-21(29)15-8-6-14(3)7-9-15)22(30)26-23-25-20(27-28-23)17-11-10-16(31-4)12-18(17)32-5/h6-13,19H,1-5H3,(H,24,29)(H2,25,26,27,28,30). The Labute approximate surface area is 186 Å². The summed E-state index contributed by atoms with van der Waals surface area (Å²) in [7, 11) is 3.11. The molecule has 1 heterocycles. The summed E-state index contributed by atoms with van der Waals surface area (Å²) in [6.07, 6.45) is 0. The molecule has 1 unspecified atom stereocenters. The molecule has 9 nitrogen and oxygen atoms in total. The number of benzene rings is 2. The van der Waals surface area contributed by atoms with Crippen LogP contribution in [-0.2, 0) is 4.79 Å². The van der Waals surface area contributed by atoms with Crippen molar-refractivity contribution in [1.29, 1.82) is 0 Å². The zero-order valence-corrected chi connectivity index (χ0v) is 18.7. The van der Waals surface area contributed by atoms with Gasteiger partial charge < -0.3 is 14.8 Å². The van der Waals surface area contributed by atoms with Crippen molar-refractivity contribution in [2.45, 2.75) is 26.8 Å². The largest absolute Gasteiger partial charge is 0.497 e. The average molecular weight is 438 g/mol. The fourth-order valence-electron chi connectivity index (χ4n) is 3.08. The van der Waals surface area contributed by atoms with Gasteiger partial charge in [0, 0.05) is 11.6 Å². The molecule has 0 fully saturated rings. The molecule has 0 saturated heterocycles. The van der Waals surface area contributed by atoms with Gasteiger partial charge in [-0.2, -0.15) is 4.98 Å². The molecule has 9 heteroatoms. The van der Waals surface area contributed by atoms with Crippen LogP contribution in [0, 0.1) is 12.8 Å². The molecular formula is C23H27N5O4. The molecule has 0 saturated carbocycles. The molecule has 3 aromatic rings. The second kappa shape index (κ2) is 9.95. The van der Waals surface area contributed by atoms with E-state index in [0.717, 1.165) is 5.56 Å². The number of H-pyrrole nitrogens is 1. The Balaban J connectivity index is 1.73. The lowest BCUT2D eigenvalue weighted by Crippen LogP contribution is -2.47. The third kappa shape index (κ3) is 5.23. The number of nitrogens with zero attached hydrogens (tertiary/aromatic N) is 2. The van der Waals surface area contributed by atoms with Crippen molar-refractivity contribution in [2.24, 2.45) is 5.92 Å². The van der Waals surface area contributed by atoms with Gasteiger partial charge in [-0.05, 0) is 37.1 Å². The Kier molecular flexibility index (Phi) is 7.09. The Morgan fingerprint density at radius 1 is 1.03 bits per heavy atom. The van der Waals surface area contributed by atoms with E-state index in [9.17, 15) is 9.59 Å². The number of rotatable bonds is 8. The van der Waals surface area contributed by atoms with Crippen LogP contribution in [0.4, 0.5) is 5.95 Å². The number of methoxy groups -OCH3 is 2. The van der Waals surface area contributed by atoms with E-state index in [2.05, 4.69) is 25.8 Å². The number of amides is 2. The van der Waals surface area contributed by atoms with Gasteiger partial charge in [-0.25, -0.2) is 0 Å². The number of hydrogen-bond donors (Lipinski definition) is 3. The van der Waals surface area contributed by atoms with E-state index in [0.29, 0.717) is 28.5 Å². The van der Waals surface area contributed by atoms with Gasteiger partial charge in [-0.3, -0.25) is 20.0 Å². The van der Waals surface area contributed by atoms with E-state index in [4.69, 9.17) is 9.47 Å². The number of hydrogen-bond acceptors (Lipinski definition) is 6. The Morgan fingerprint density at radius 3 is 2.38 bits per heavy atom. The fraction of sp³-hybridized carbons (Fsp3) is 0.304. The molecule has 1 atom stereocenters. The summed E-state index contributed by atoms with van der Waals surface area (Å²) < 4.78 is 10.6. The summed E-state index contributed by atoms with van der Waals surface area (Å²) in [4.78, 5) is 29.8. The van der Waals surface area contributed by atoms with Gasteiger partial charge in [0.15, 0.2) is 5.82 Å². The summed E-state index contributed by atoms with van der Waals surface area (Å²) in [6, 6.07) is 11.7. The van der Waals surface area contributed by atoms with Gasteiger partial charge in [0.05, 0.1) is 19.8 Å². The molecule has 0 radical (unpaired) electrons. The molecule has 0 bridgehead atoms. The summed E-state index contributed by atoms with van der Waals surface area (Å²) in [6.45, 7) is 5.65. The van der Waals surface area contributed by atoms with Crippen LogP contribution >= 0.6 is 0 Å². The van der Waals surface area contributed by atoms with E-state index < -0.39 is 11.9 Å². The van der Waals surface area contributed by atoms with Crippen molar-refractivity contribution in [3.63, 3.8) is 0 Å². The number of nitrogens with one attached hydrogen (secondary N) is 3. The molecule has 0 spiro atoms. The number of aromatic nitrogens is 3. The summed E-state index contributed by atoms with van der Waals surface area (Å²) >= 11 is 0. The van der Waals surface area contributed by atoms with Crippen LogP contribution < -0.4 is 20.1 Å². The number of ether oxygens (including phenoxy) is 2. The van der Waals surface area contributed by atoms with Gasteiger partial charge in [0.2, 0.25) is 11.9 Å². The van der Waals surface area contributed by atoms with Crippen molar-refractivity contribution in [1.82, 2.24) is 20.5 Å².